The number of nitrogens with one attached hydrogen (secondary N) is 1. The van der Waals surface area contributed by atoms with Crippen LogP contribution in [0.25, 0.3) is 0 Å². The van der Waals surface area contributed by atoms with E-state index in [4.69, 9.17) is 0 Å². The van der Waals surface area contributed by atoms with E-state index in [1.54, 1.807) is 0 Å². The first-order chi connectivity index (χ1) is 8.24. The summed E-state index contributed by atoms with van der Waals surface area (Å²) in [5.41, 5.74) is 2.70. The lowest BCUT2D eigenvalue weighted by atomic mass is 10.1. The second-order valence-corrected chi connectivity index (χ2v) is 4.72. The van der Waals surface area contributed by atoms with E-state index in [9.17, 15) is 0 Å². The van der Waals surface area contributed by atoms with Crippen LogP contribution in [0, 0.1) is 6.92 Å². The minimum absolute atomic E-state index is 0.454. The monoisotopic (exact) mass is 231 g/mol. The number of hydrogen-bond acceptors (Lipinski definition) is 1. The Bertz CT molecular complexity index is 313. The van der Waals surface area contributed by atoms with Crippen molar-refractivity contribution in [3.8, 4) is 0 Å². The molecule has 0 saturated heterocycles. The number of benzene rings is 1. The third-order valence-corrected chi connectivity index (χ3v) is 3.11. The molecule has 0 aliphatic rings. The average molecular weight is 231 g/mol. The number of allylic oxidation sites excluding steroid dienone is 1. The zero-order chi connectivity index (χ0) is 12.5. The molecule has 0 aliphatic heterocycles. The van der Waals surface area contributed by atoms with E-state index >= 15 is 0 Å². The summed E-state index contributed by atoms with van der Waals surface area (Å²) in [5.74, 6) is 0. The first kappa shape index (κ1) is 14.0. The Morgan fingerprint density at radius 2 is 1.88 bits per heavy atom. The Labute approximate surface area is 106 Å². The highest BCUT2D eigenvalue weighted by Gasteiger charge is 2.02. The van der Waals surface area contributed by atoms with Crippen molar-refractivity contribution in [1.82, 2.24) is 5.32 Å². The predicted octanol–water partition coefficient (Wildman–Crippen LogP) is 4.39. The lowest BCUT2D eigenvalue weighted by Crippen LogP contribution is -2.19. The van der Waals surface area contributed by atoms with E-state index < -0.39 is 0 Å². The highest BCUT2D eigenvalue weighted by atomic mass is 14.9. The molecule has 1 atom stereocenters. The van der Waals surface area contributed by atoms with Gasteiger partial charge in [-0.15, -0.1) is 6.58 Å². The Kier molecular flexibility index (Phi) is 6.64. The van der Waals surface area contributed by atoms with Crippen molar-refractivity contribution in [1.29, 1.82) is 0 Å². The van der Waals surface area contributed by atoms with Crippen molar-refractivity contribution in [2.24, 2.45) is 0 Å². The van der Waals surface area contributed by atoms with Crippen LogP contribution < -0.4 is 5.32 Å². The number of hydrogen-bond donors (Lipinski definition) is 1. The van der Waals surface area contributed by atoms with Crippen LogP contribution in [-0.2, 0) is 0 Å². The Balaban J connectivity index is 2.18. The maximum absolute atomic E-state index is 3.74. The summed E-state index contributed by atoms with van der Waals surface area (Å²) in [5, 5.41) is 3.57. The van der Waals surface area contributed by atoms with Gasteiger partial charge in [-0.1, -0.05) is 42.3 Å². The van der Waals surface area contributed by atoms with E-state index in [0.29, 0.717) is 6.04 Å². The van der Waals surface area contributed by atoms with Gasteiger partial charge in [0.15, 0.2) is 0 Å². The molecule has 0 aromatic heterocycles. The van der Waals surface area contributed by atoms with Gasteiger partial charge in [0.05, 0.1) is 0 Å². The molecule has 1 rings (SSSR count). The summed E-state index contributed by atoms with van der Waals surface area (Å²) in [7, 11) is 0. The molecule has 0 amide bonds. The molecular weight excluding hydrogens is 206 g/mol. The Morgan fingerprint density at radius 1 is 1.18 bits per heavy atom. The minimum Gasteiger partial charge on any atom is -0.310 e. The summed E-state index contributed by atoms with van der Waals surface area (Å²) in [6.07, 6.45) is 6.96. The quantitative estimate of drug-likeness (QED) is 0.517. The summed E-state index contributed by atoms with van der Waals surface area (Å²) >= 11 is 0. The van der Waals surface area contributed by atoms with Crippen LogP contribution in [0.2, 0.25) is 0 Å². The fourth-order valence-electron chi connectivity index (χ4n) is 1.88. The van der Waals surface area contributed by atoms with Gasteiger partial charge in [-0.3, -0.25) is 0 Å². The molecule has 1 aromatic rings. The van der Waals surface area contributed by atoms with E-state index in [-0.39, 0.29) is 0 Å². The number of aryl methyl sites for hydroxylation is 1. The molecular formula is C16H25N. The summed E-state index contributed by atoms with van der Waals surface area (Å²) in [4.78, 5) is 0. The van der Waals surface area contributed by atoms with Gasteiger partial charge in [0.1, 0.15) is 0 Å². The van der Waals surface area contributed by atoms with Crippen molar-refractivity contribution in [2.75, 3.05) is 6.54 Å². The van der Waals surface area contributed by atoms with Gasteiger partial charge < -0.3 is 5.32 Å². The molecule has 0 spiro atoms. The molecule has 1 aromatic carbocycles. The molecule has 94 valence electrons. The fourth-order valence-corrected chi connectivity index (χ4v) is 1.88. The average Bonchev–Trinajstić information content (AvgIpc) is 2.34. The zero-order valence-electron chi connectivity index (χ0n) is 11.2. The van der Waals surface area contributed by atoms with Gasteiger partial charge >= 0.3 is 0 Å². The molecule has 0 bridgehead atoms. The molecule has 0 radical (unpaired) electrons. The standard InChI is InChI=1S/C16H25N/c1-4-5-6-7-8-13-17-15(3)16-11-9-14(2)10-12-16/h4,9-12,15,17H,1,5-8,13H2,2-3H3/t15-/m0/s1. The van der Waals surface area contributed by atoms with Crippen molar-refractivity contribution in [3.63, 3.8) is 0 Å². The van der Waals surface area contributed by atoms with E-state index in [0.717, 1.165) is 13.0 Å². The van der Waals surface area contributed by atoms with Crippen LogP contribution in [0.1, 0.15) is 49.8 Å². The van der Waals surface area contributed by atoms with Crippen molar-refractivity contribution < 1.29 is 0 Å². The summed E-state index contributed by atoms with van der Waals surface area (Å²) in [6, 6.07) is 9.24. The third kappa shape index (κ3) is 5.69. The first-order valence-corrected chi connectivity index (χ1v) is 6.65. The van der Waals surface area contributed by atoms with Gasteiger partial charge in [0, 0.05) is 6.04 Å². The number of unbranched alkanes of at least 4 members (excludes halogenated alkanes) is 3. The summed E-state index contributed by atoms with van der Waals surface area (Å²) in [6.45, 7) is 9.20. The van der Waals surface area contributed by atoms with E-state index in [1.807, 2.05) is 6.08 Å². The Morgan fingerprint density at radius 3 is 2.53 bits per heavy atom. The summed E-state index contributed by atoms with van der Waals surface area (Å²) < 4.78 is 0. The highest BCUT2D eigenvalue weighted by Crippen LogP contribution is 2.13. The molecule has 17 heavy (non-hydrogen) atoms. The number of rotatable bonds is 8. The maximum Gasteiger partial charge on any atom is 0.0291 e. The van der Waals surface area contributed by atoms with Gasteiger partial charge in [0.2, 0.25) is 0 Å². The van der Waals surface area contributed by atoms with E-state index in [2.05, 4.69) is 50.0 Å². The molecule has 0 unspecified atom stereocenters. The van der Waals surface area contributed by atoms with Crippen molar-refractivity contribution >= 4 is 0 Å². The van der Waals surface area contributed by atoms with Crippen LogP contribution in [0.4, 0.5) is 0 Å². The van der Waals surface area contributed by atoms with E-state index in [1.165, 1.54) is 30.4 Å². The Hall–Kier alpha value is -1.08. The maximum atomic E-state index is 3.74. The molecule has 0 saturated carbocycles. The van der Waals surface area contributed by atoms with Gasteiger partial charge in [-0.25, -0.2) is 0 Å². The van der Waals surface area contributed by atoms with Crippen LogP contribution in [0.5, 0.6) is 0 Å². The highest BCUT2D eigenvalue weighted by molar-refractivity contribution is 5.23. The second kappa shape index (κ2) is 8.08. The SMILES string of the molecule is C=CCCCCCN[C@@H](C)c1ccc(C)cc1. The second-order valence-electron chi connectivity index (χ2n) is 4.72. The van der Waals surface area contributed by atoms with Gasteiger partial charge in [0.25, 0.3) is 0 Å². The molecule has 1 nitrogen and oxygen atoms in total. The molecule has 0 aliphatic carbocycles. The molecule has 0 heterocycles. The largest absolute Gasteiger partial charge is 0.310 e. The van der Waals surface area contributed by atoms with Crippen LogP contribution in [0.15, 0.2) is 36.9 Å². The lowest BCUT2D eigenvalue weighted by molar-refractivity contribution is 0.539. The predicted molar refractivity (Wildman–Crippen MR) is 76.3 cm³/mol. The molecule has 1 heteroatoms. The minimum atomic E-state index is 0.454. The van der Waals surface area contributed by atoms with Crippen LogP contribution >= 0.6 is 0 Å². The molecule has 1 N–H and O–H groups in total. The topological polar surface area (TPSA) is 12.0 Å². The van der Waals surface area contributed by atoms with Gasteiger partial charge in [-0.2, -0.15) is 0 Å². The smallest absolute Gasteiger partial charge is 0.0291 e. The zero-order valence-corrected chi connectivity index (χ0v) is 11.2. The third-order valence-electron chi connectivity index (χ3n) is 3.11. The van der Waals surface area contributed by atoms with Crippen molar-refractivity contribution in [2.45, 2.75) is 45.6 Å². The van der Waals surface area contributed by atoms with Crippen LogP contribution in [0.3, 0.4) is 0 Å². The normalized spacial score (nSPS) is 12.4. The lowest BCUT2D eigenvalue weighted by Gasteiger charge is -2.14. The first-order valence-electron chi connectivity index (χ1n) is 6.65. The fraction of sp³-hybridized carbons (Fsp3) is 0.500. The van der Waals surface area contributed by atoms with Crippen molar-refractivity contribution in [3.05, 3.63) is 48.0 Å². The van der Waals surface area contributed by atoms with Gasteiger partial charge in [-0.05, 0) is 45.2 Å². The molecule has 0 fully saturated rings. The van der Waals surface area contributed by atoms with Crippen LogP contribution in [-0.4, -0.2) is 6.54 Å².